The van der Waals surface area contributed by atoms with Crippen LogP contribution in [0.25, 0.3) is 22.2 Å². The number of rotatable bonds is 4. The summed E-state index contributed by atoms with van der Waals surface area (Å²) in [6.07, 6.45) is -1.25. The molecule has 3 saturated carbocycles. The SMILES string of the molecule is Cc1nc(N)cc(-c2nc(C3(C)CC3)c3c(C4C5CNCC54)nn(C4CC4)c3c2F)c1C(F)(F)F. The maximum atomic E-state index is 16.4. The third-order valence-electron chi connectivity index (χ3n) is 8.44. The van der Waals surface area contributed by atoms with E-state index >= 15 is 4.39 Å². The Labute approximate surface area is 199 Å². The molecule has 4 heterocycles. The number of aromatic nitrogens is 4. The number of nitrogens with two attached hydrogens (primary N) is 1. The van der Waals surface area contributed by atoms with Crippen LogP contribution in [0.2, 0.25) is 0 Å². The third kappa shape index (κ3) is 3.07. The lowest BCUT2D eigenvalue weighted by Gasteiger charge is -2.19. The summed E-state index contributed by atoms with van der Waals surface area (Å²) in [5.41, 5.74) is 5.45. The zero-order chi connectivity index (χ0) is 24.4. The van der Waals surface area contributed by atoms with E-state index in [0.29, 0.717) is 23.0 Å². The van der Waals surface area contributed by atoms with Gasteiger partial charge >= 0.3 is 6.18 Å². The molecule has 2 unspecified atom stereocenters. The fourth-order valence-corrected chi connectivity index (χ4v) is 6.15. The van der Waals surface area contributed by atoms with Crippen LogP contribution in [0.4, 0.5) is 23.4 Å². The summed E-state index contributed by atoms with van der Waals surface area (Å²) in [5, 5.41) is 9.07. The normalized spacial score (nSPS) is 26.9. The molecule has 35 heavy (non-hydrogen) atoms. The highest BCUT2D eigenvalue weighted by Gasteiger charge is 2.57. The number of alkyl halides is 3. The molecule has 3 aromatic rings. The Morgan fingerprint density at radius 2 is 1.83 bits per heavy atom. The van der Waals surface area contributed by atoms with Crippen molar-refractivity contribution in [2.24, 2.45) is 11.8 Å². The molecule has 6 nitrogen and oxygen atoms in total. The average Bonchev–Trinajstić information content (AvgIpc) is 3.74. The highest BCUT2D eigenvalue weighted by molar-refractivity contribution is 5.91. The quantitative estimate of drug-likeness (QED) is 0.515. The van der Waals surface area contributed by atoms with Gasteiger partial charge in [-0.1, -0.05) is 6.92 Å². The van der Waals surface area contributed by atoms with E-state index in [2.05, 4.69) is 17.2 Å². The Kier molecular flexibility index (Phi) is 4.13. The molecule has 0 radical (unpaired) electrons. The molecule has 3 N–H and O–H groups in total. The third-order valence-corrected chi connectivity index (χ3v) is 8.44. The van der Waals surface area contributed by atoms with Crippen molar-refractivity contribution >= 4 is 16.7 Å². The minimum Gasteiger partial charge on any atom is -0.384 e. The number of hydrogen-bond acceptors (Lipinski definition) is 5. The lowest BCUT2D eigenvalue weighted by Crippen LogP contribution is -2.15. The Hall–Kier alpha value is -2.75. The van der Waals surface area contributed by atoms with E-state index in [1.165, 1.54) is 6.92 Å². The number of fused-ring (bicyclic) bond motifs is 2. The van der Waals surface area contributed by atoms with E-state index in [1.54, 1.807) is 4.68 Å². The van der Waals surface area contributed by atoms with Crippen LogP contribution in [0.3, 0.4) is 0 Å². The second kappa shape index (κ2) is 6.72. The standard InChI is InChI=1S/C25H26F4N6/c1-10-18(25(27,28)29)12(7-15(30)32-10)20-19(26)22-17(23(33-20)24(2)5-6-24)21(34-35(22)11-3-4-11)16-13-8-31-9-14(13)16/h7,11,13-14,16,31H,3-6,8-9H2,1-2H3,(H2,30,32). The van der Waals surface area contributed by atoms with Crippen molar-refractivity contribution in [3.8, 4) is 11.3 Å². The zero-order valence-electron chi connectivity index (χ0n) is 19.5. The topological polar surface area (TPSA) is 81.7 Å². The van der Waals surface area contributed by atoms with E-state index in [1.807, 2.05) is 0 Å². The van der Waals surface area contributed by atoms with Crippen molar-refractivity contribution in [1.82, 2.24) is 25.1 Å². The summed E-state index contributed by atoms with van der Waals surface area (Å²) in [5.74, 6) is 0.348. The molecule has 4 fully saturated rings. The second-order valence-corrected chi connectivity index (χ2v) is 11.0. The van der Waals surface area contributed by atoms with Gasteiger partial charge in [-0.25, -0.2) is 14.4 Å². The highest BCUT2D eigenvalue weighted by atomic mass is 19.4. The van der Waals surface area contributed by atoms with Crippen molar-refractivity contribution in [2.75, 3.05) is 18.8 Å². The molecule has 0 amide bonds. The maximum Gasteiger partial charge on any atom is 0.418 e. The largest absolute Gasteiger partial charge is 0.418 e. The molecule has 0 aromatic carbocycles. The molecule has 0 bridgehead atoms. The molecule has 0 spiro atoms. The van der Waals surface area contributed by atoms with Gasteiger partial charge in [0.15, 0.2) is 5.82 Å². The smallest absolute Gasteiger partial charge is 0.384 e. The first-order valence-electron chi connectivity index (χ1n) is 12.3. The Balaban J connectivity index is 1.55. The van der Waals surface area contributed by atoms with Gasteiger partial charge in [-0.05, 0) is 63.6 Å². The van der Waals surface area contributed by atoms with Gasteiger partial charge in [0.05, 0.1) is 28.7 Å². The predicted octanol–water partition coefficient (Wildman–Crippen LogP) is 4.86. The van der Waals surface area contributed by atoms with Crippen LogP contribution in [0.15, 0.2) is 6.07 Å². The van der Waals surface area contributed by atoms with Gasteiger partial charge in [0.1, 0.15) is 17.0 Å². The lowest BCUT2D eigenvalue weighted by molar-refractivity contribution is -0.137. The van der Waals surface area contributed by atoms with Gasteiger partial charge in [-0.15, -0.1) is 0 Å². The number of nitrogens with one attached hydrogen (secondary N) is 1. The summed E-state index contributed by atoms with van der Waals surface area (Å²) < 4.78 is 60.6. The van der Waals surface area contributed by atoms with Crippen molar-refractivity contribution in [1.29, 1.82) is 0 Å². The van der Waals surface area contributed by atoms with Crippen LogP contribution in [0.5, 0.6) is 0 Å². The molecule has 184 valence electrons. The number of hydrogen-bond donors (Lipinski definition) is 2. The van der Waals surface area contributed by atoms with Gasteiger partial charge in [0.25, 0.3) is 0 Å². The van der Waals surface area contributed by atoms with E-state index in [0.717, 1.165) is 55.9 Å². The molecule has 7 rings (SSSR count). The van der Waals surface area contributed by atoms with E-state index in [4.69, 9.17) is 15.8 Å². The number of nitrogens with zero attached hydrogens (tertiary/aromatic N) is 4. The second-order valence-electron chi connectivity index (χ2n) is 11.0. The summed E-state index contributed by atoms with van der Waals surface area (Å²) in [7, 11) is 0. The number of anilines is 1. The zero-order valence-corrected chi connectivity index (χ0v) is 19.5. The first kappa shape index (κ1) is 21.5. The van der Waals surface area contributed by atoms with Crippen LogP contribution in [0, 0.1) is 24.6 Å². The average molecular weight is 487 g/mol. The Morgan fingerprint density at radius 1 is 1.14 bits per heavy atom. The number of halogens is 4. The summed E-state index contributed by atoms with van der Waals surface area (Å²) in [4.78, 5) is 8.50. The minimum atomic E-state index is -4.73. The van der Waals surface area contributed by atoms with Crippen LogP contribution in [-0.2, 0) is 11.6 Å². The van der Waals surface area contributed by atoms with Gasteiger partial charge in [-0.3, -0.25) is 4.68 Å². The summed E-state index contributed by atoms with van der Waals surface area (Å²) in [6, 6.07) is 1.17. The molecule has 4 aliphatic rings. The lowest BCUT2D eigenvalue weighted by atomic mass is 9.94. The van der Waals surface area contributed by atoms with Gasteiger partial charge in [0.2, 0.25) is 0 Å². The van der Waals surface area contributed by atoms with Crippen LogP contribution < -0.4 is 11.1 Å². The Bertz CT molecular complexity index is 1390. The number of piperidine rings is 1. The molecule has 2 atom stereocenters. The molecular formula is C25H26F4N6. The van der Waals surface area contributed by atoms with Crippen LogP contribution >= 0.6 is 0 Å². The van der Waals surface area contributed by atoms with Crippen molar-refractivity contribution < 1.29 is 17.6 Å². The fourth-order valence-electron chi connectivity index (χ4n) is 6.15. The first-order valence-corrected chi connectivity index (χ1v) is 12.3. The summed E-state index contributed by atoms with van der Waals surface area (Å²) in [6.45, 7) is 5.13. The molecule has 10 heteroatoms. The van der Waals surface area contributed by atoms with Crippen molar-refractivity contribution in [2.45, 2.75) is 63.1 Å². The van der Waals surface area contributed by atoms with E-state index in [9.17, 15) is 13.2 Å². The molecule has 3 aromatic heterocycles. The first-order chi connectivity index (χ1) is 16.6. The van der Waals surface area contributed by atoms with E-state index < -0.39 is 17.6 Å². The molecular weight excluding hydrogens is 460 g/mol. The van der Waals surface area contributed by atoms with Crippen molar-refractivity contribution in [3.63, 3.8) is 0 Å². The number of pyridine rings is 2. The van der Waals surface area contributed by atoms with Gasteiger partial charge in [0, 0.05) is 22.3 Å². The maximum absolute atomic E-state index is 16.4. The highest BCUT2D eigenvalue weighted by Crippen LogP contribution is 2.60. The van der Waals surface area contributed by atoms with Gasteiger partial charge < -0.3 is 11.1 Å². The molecule has 1 aliphatic heterocycles. The predicted molar refractivity (Wildman–Crippen MR) is 122 cm³/mol. The fraction of sp³-hybridized carbons (Fsp3) is 0.560. The summed E-state index contributed by atoms with van der Waals surface area (Å²) >= 11 is 0. The molecule has 3 aliphatic carbocycles. The number of aryl methyl sites for hydroxylation is 1. The van der Waals surface area contributed by atoms with Crippen LogP contribution in [0.1, 0.15) is 67.2 Å². The minimum absolute atomic E-state index is 0.0684. The van der Waals surface area contributed by atoms with E-state index in [-0.39, 0.29) is 40.1 Å². The van der Waals surface area contributed by atoms with Gasteiger partial charge in [-0.2, -0.15) is 18.3 Å². The molecule has 1 saturated heterocycles. The monoisotopic (exact) mass is 486 g/mol. The number of nitrogen functional groups attached to an aromatic ring is 1. The van der Waals surface area contributed by atoms with Crippen molar-refractivity contribution in [3.05, 3.63) is 34.5 Å². The Morgan fingerprint density at radius 3 is 2.43 bits per heavy atom. The van der Waals surface area contributed by atoms with Crippen LogP contribution in [-0.4, -0.2) is 32.8 Å².